The molecule has 0 saturated carbocycles. The molecule has 2 unspecified atom stereocenters. The summed E-state index contributed by atoms with van der Waals surface area (Å²) >= 11 is 12.2. The van der Waals surface area contributed by atoms with Crippen LogP contribution in [0.5, 0.6) is 5.75 Å². The number of hydrogen-bond acceptors (Lipinski definition) is 5. The summed E-state index contributed by atoms with van der Waals surface area (Å²) in [4.78, 5) is 9.08. The second-order valence-corrected chi connectivity index (χ2v) is 10.1. The number of benzene rings is 2. The molecule has 7 heteroatoms. The van der Waals surface area contributed by atoms with Crippen molar-refractivity contribution >= 4 is 34.1 Å². The van der Waals surface area contributed by atoms with E-state index in [1.807, 2.05) is 81.6 Å². The summed E-state index contributed by atoms with van der Waals surface area (Å²) in [6.07, 6.45) is 1.08. The molecule has 0 aliphatic carbocycles. The third kappa shape index (κ3) is 4.37. The molecule has 0 amide bonds. The Morgan fingerprint density at radius 1 is 1.06 bits per heavy atom. The molecule has 0 fully saturated rings. The number of ether oxygens (including phenoxy) is 1. The van der Waals surface area contributed by atoms with Gasteiger partial charge in [0.15, 0.2) is 0 Å². The van der Waals surface area contributed by atoms with Gasteiger partial charge < -0.3 is 15.2 Å². The molecule has 3 heterocycles. The smallest absolute Gasteiger partial charge is 0.131 e. The summed E-state index contributed by atoms with van der Waals surface area (Å²) in [7, 11) is 0. The molecule has 1 aliphatic rings. The fourth-order valence-electron chi connectivity index (χ4n) is 4.41. The number of aliphatic hydroxyl groups is 1. The van der Waals surface area contributed by atoms with E-state index in [4.69, 9.17) is 27.9 Å². The highest BCUT2D eigenvalue weighted by Gasteiger charge is 2.43. The van der Waals surface area contributed by atoms with E-state index in [2.05, 4.69) is 15.3 Å². The Bertz CT molecular complexity index is 1360. The van der Waals surface area contributed by atoms with Gasteiger partial charge >= 0.3 is 0 Å². The molecule has 4 aromatic rings. The predicted molar refractivity (Wildman–Crippen MR) is 136 cm³/mol. The minimum absolute atomic E-state index is 0.347. The first kappa shape index (κ1) is 23.1. The molecule has 0 bridgehead atoms. The summed E-state index contributed by atoms with van der Waals surface area (Å²) in [6, 6.07) is 17.1. The van der Waals surface area contributed by atoms with Gasteiger partial charge in [-0.25, -0.2) is 4.98 Å². The van der Waals surface area contributed by atoms with Gasteiger partial charge in [0.1, 0.15) is 22.6 Å². The van der Waals surface area contributed by atoms with E-state index in [1.165, 1.54) is 0 Å². The van der Waals surface area contributed by atoms with Crippen molar-refractivity contribution in [3.63, 3.8) is 0 Å². The lowest BCUT2D eigenvalue weighted by atomic mass is 9.85. The largest absolute Gasteiger partial charge is 0.485 e. The van der Waals surface area contributed by atoms with Gasteiger partial charge in [0, 0.05) is 34.3 Å². The molecule has 2 aromatic heterocycles. The first-order valence-electron chi connectivity index (χ1n) is 11.1. The minimum Gasteiger partial charge on any atom is -0.485 e. The lowest BCUT2D eigenvalue weighted by Gasteiger charge is -2.42. The van der Waals surface area contributed by atoms with Crippen LogP contribution in [0.25, 0.3) is 22.2 Å². The van der Waals surface area contributed by atoms with Crippen LogP contribution in [0.4, 0.5) is 0 Å². The number of aromatic nitrogens is 2. The van der Waals surface area contributed by atoms with Crippen LogP contribution < -0.4 is 10.1 Å². The van der Waals surface area contributed by atoms with Gasteiger partial charge in [-0.15, -0.1) is 0 Å². The Balaban J connectivity index is 1.43. The van der Waals surface area contributed by atoms with E-state index < -0.39 is 11.7 Å². The van der Waals surface area contributed by atoms with Crippen molar-refractivity contribution in [2.45, 2.75) is 45.1 Å². The van der Waals surface area contributed by atoms with Gasteiger partial charge in [0.25, 0.3) is 0 Å². The molecule has 0 radical (unpaired) electrons. The number of aryl methyl sites for hydroxylation is 1. The number of fused-ring (bicyclic) bond motifs is 2. The Labute approximate surface area is 208 Å². The van der Waals surface area contributed by atoms with Gasteiger partial charge in [0.2, 0.25) is 0 Å². The molecule has 0 spiro atoms. The molecular weight excluding hydrogens is 469 g/mol. The Morgan fingerprint density at radius 3 is 2.53 bits per heavy atom. The van der Waals surface area contributed by atoms with E-state index in [1.54, 1.807) is 0 Å². The molecule has 174 valence electrons. The second-order valence-electron chi connectivity index (χ2n) is 9.24. The van der Waals surface area contributed by atoms with Crippen molar-refractivity contribution in [1.29, 1.82) is 0 Å². The normalized spacial score (nSPS) is 19.0. The Kier molecular flexibility index (Phi) is 5.98. The van der Waals surface area contributed by atoms with Crippen molar-refractivity contribution in [2.24, 2.45) is 0 Å². The number of nitrogens with one attached hydrogen (secondary N) is 1. The van der Waals surface area contributed by atoms with E-state index in [-0.39, 0.29) is 6.04 Å². The fraction of sp³-hybridized carbons (Fsp3) is 0.259. The maximum Gasteiger partial charge on any atom is 0.131 e. The highest BCUT2D eigenvalue weighted by atomic mass is 35.5. The number of halogens is 2. The van der Waals surface area contributed by atoms with Gasteiger partial charge in [-0.05, 0) is 68.3 Å². The van der Waals surface area contributed by atoms with E-state index in [0.717, 1.165) is 44.6 Å². The monoisotopic (exact) mass is 493 g/mol. The van der Waals surface area contributed by atoms with E-state index >= 15 is 0 Å². The van der Waals surface area contributed by atoms with Gasteiger partial charge in [0.05, 0.1) is 17.3 Å². The maximum atomic E-state index is 11.2. The van der Waals surface area contributed by atoms with Crippen LogP contribution >= 0.6 is 23.2 Å². The van der Waals surface area contributed by atoms with Crippen LogP contribution in [-0.4, -0.2) is 26.8 Å². The SMILES string of the molecule is Cc1cc(Cl)nc2cc3c(cc12)OC(C)(C)C(O)C3NCc1ccc(-c2ccc(Cl)cc2)nc1. The van der Waals surface area contributed by atoms with Crippen LogP contribution in [-0.2, 0) is 6.54 Å². The molecule has 2 atom stereocenters. The Morgan fingerprint density at radius 2 is 1.82 bits per heavy atom. The zero-order valence-electron chi connectivity index (χ0n) is 19.1. The van der Waals surface area contributed by atoms with Crippen LogP contribution in [0.15, 0.2) is 60.8 Å². The standard InChI is InChI=1S/C27H25Cl2N3O2/c1-15-10-24(29)32-22-11-20-23(12-19(15)22)34-27(2,3)26(33)25(20)31-14-16-4-9-21(30-13-16)17-5-7-18(28)8-6-17/h4-13,25-26,31,33H,14H2,1-3H3. The molecule has 2 aromatic carbocycles. The van der Waals surface area contributed by atoms with Crippen molar-refractivity contribution in [1.82, 2.24) is 15.3 Å². The average molecular weight is 494 g/mol. The van der Waals surface area contributed by atoms with Crippen LogP contribution in [0.1, 0.15) is 36.6 Å². The van der Waals surface area contributed by atoms with Crippen molar-refractivity contribution < 1.29 is 9.84 Å². The highest BCUT2D eigenvalue weighted by molar-refractivity contribution is 6.30. The fourth-order valence-corrected chi connectivity index (χ4v) is 4.79. The van der Waals surface area contributed by atoms with E-state index in [0.29, 0.717) is 16.7 Å². The van der Waals surface area contributed by atoms with Crippen LogP contribution in [0.2, 0.25) is 10.2 Å². The molecular formula is C27H25Cl2N3O2. The van der Waals surface area contributed by atoms with Gasteiger partial charge in [-0.2, -0.15) is 0 Å². The summed E-state index contributed by atoms with van der Waals surface area (Å²) in [5, 5.41) is 16.8. The van der Waals surface area contributed by atoms with Crippen molar-refractivity contribution in [2.75, 3.05) is 0 Å². The van der Waals surface area contributed by atoms with Gasteiger partial charge in [-0.1, -0.05) is 41.4 Å². The number of rotatable bonds is 4. The second kappa shape index (κ2) is 8.82. The van der Waals surface area contributed by atoms with Crippen LogP contribution in [0, 0.1) is 6.92 Å². The molecule has 34 heavy (non-hydrogen) atoms. The maximum absolute atomic E-state index is 11.2. The summed E-state index contributed by atoms with van der Waals surface area (Å²) in [6.45, 7) is 6.33. The topological polar surface area (TPSA) is 67.3 Å². The quantitative estimate of drug-likeness (QED) is 0.327. The molecule has 1 aliphatic heterocycles. The molecule has 5 rings (SSSR count). The summed E-state index contributed by atoms with van der Waals surface area (Å²) < 4.78 is 6.21. The number of hydrogen-bond donors (Lipinski definition) is 2. The number of pyridine rings is 2. The first-order valence-corrected chi connectivity index (χ1v) is 11.9. The molecule has 5 nitrogen and oxygen atoms in total. The molecule has 2 N–H and O–H groups in total. The van der Waals surface area contributed by atoms with Gasteiger partial charge in [-0.3, -0.25) is 4.98 Å². The zero-order valence-corrected chi connectivity index (χ0v) is 20.7. The Hall–Kier alpha value is -2.70. The van der Waals surface area contributed by atoms with Crippen molar-refractivity contribution in [3.8, 4) is 17.0 Å². The summed E-state index contributed by atoms with van der Waals surface area (Å²) in [5.74, 6) is 0.740. The van der Waals surface area contributed by atoms with E-state index in [9.17, 15) is 5.11 Å². The third-order valence-electron chi connectivity index (χ3n) is 6.34. The lowest BCUT2D eigenvalue weighted by molar-refractivity contribution is -0.0647. The van der Waals surface area contributed by atoms with Crippen LogP contribution in [0.3, 0.4) is 0 Å². The highest BCUT2D eigenvalue weighted by Crippen LogP contribution is 2.42. The third-order valence-corrected chi connectivity index (χ3v) is 6.79. The predicted octanol–water partition coefficient (Wildman–Crippen LogP) is 6.27. The zero-order chi connectivity index (χ0) is 24.0. The summed E-state index contributed by atoms with van der Waals surface area (Å²) in [5.41, 5.74) is 4.80. The first-order chi connectivity index (χ1) is 16.2. The minimum atomic E-state index is -0.765. The van der Waals surface area contributed by atoms with Crippen molar-refractivity contribution in [3.05, 3.63) is 87.7 Å². The average Bonchev–Trinajstić information content (AvgIpc) is 2.80. The molecule has 0 saturated heterocycles. The lowest BCUT2D eigenvalue weighted by Crippen LogP contribution is -2.52. The number of nitrogens with zero attached hydrogens (tertiary/aromatic N) is 2. The number of aliphatic hydroxyl groups excluding tert-OH is 1.